The van der Waals surface area contributed by atoms with Crippen molar-refractivity contribution in [2.45, 2.75) is 12.2 Å². The first-order valence-corrected chi connectivity index (χ1v) is 6.28. The van der Waals surface area contributed by atoms with Gasteiger partial charge < -0.3 is 10.1 Å². The van der Waals surface area contributed by atoms with Gasteiger partial charge in [0.2, 0.25) is 0 Å². The molecule has 0 amide bonds. The first kappa shape index (κ1) is 21.2. The number of ether oxygens (including phenoxy) is 1. The van der Waals surface area contributed by atoms with Crippen molar-refractivity contribution < 1.29 is 22.3 Å². The van der Waals surface area contributed by atoms with Gasteiger partial charge in [-0.3, -0.25) is 4.90 Å². The van der Waals surface area contributed by atoms with Crippen LogP contribution in [0.5, 0.6) is 5.75 Å². The SMILES string of the molecule is COc1ccc([C@H](N2CCNCC2)C(F)(F)F)c(F)c1.Cl.Cl. The van der Waals surface area contributed by atoms with Crippen molar-refractivity contribution in [3.05, 3.63) is 29.6 Å². The minimum absolute atomic E-state index is 0. The zero-order valence-corrected chi connectivity index (χ0v) is 13.5. The first-order valence-electron chi connectivity index (χ1n) is 6.28. The lowest BCUT2D eigenvalue weighted by Gasteiger charge is -2.36. The number of hydrogen-bond donors (Lipinski definition) is 1. The van der Waals surface area contributed by atoms with Crippen molar-refractivity contribution in [1.82, 2.24) is 10.2 Å². The van der Waals surface area contributed by atoms with E-state index in [0.29, 0.717) is 13.1 Å². The molecule has 0 saturated carbocycles. The molecule has 0 bridgehead atoms. The number of nitrogens with zero attached hydrogens (tertiary/aromatic N) is 1. The van der Waals surface area contributed by atoms with E-state index < -0.39 is 18.0 Å². The summed E-state index contributed by atoms with van der Waals surface area (Å²) >= 11 is 0. The monoisotopic (exact) mass is 364 g/mol. The Morgan fingerprint density at radius 3 is 2.23 bits per heavy atom. The van der Waals surface area contributed by atoms with Gasteiger partial charge in [0.05, 0.1) is 7.11 Å². The molecule has 1 N–H and O–H groups in total. The van der Waals surface area contributed by atoms with Gasteiger partial charge in [0.25, 0.3) is 0 Å². The molecule has 1 aromatic rings. The number of methoxy groups -OCH3 is 1. The zero-order chi connectivity index (χ0) is 14.8. The number of alkyl halides is 3. The summed E-state index contributed by atoms with van der Waals surface area (Å²) in [5.41, 5.74) is -0.361. The van der Waals surface area contributed by atoms with E-state index in [1.54, 1.807) is 0 Å². The molecule has 9 heteroatoms. The highest BCUT2D eigenvalue weighted by atomic mass is 35.5. The summed E-state index contributed by atoms with van der Waals surface area (Å²) in [6.07, 6.45) is -4.52. The summed E-state index contributed by atoms with van der Waals surface area (Å²) in [5.74, 6) is -0.697. The van der Waals surface area contributed by atoms with Gasteiger partial charge in [0, 0.05) is 37.8 Å². The minimum Gasteiger partial charge on any atom is -0.497 e. The van der Waals surface area contributed by atoms with E-state index in [1.165, 1.54) is 18.1 Å². The molecule has 0 aliphatic carbocycles. The molecule has 1 fully saturated rings. The van der Waals surface area contributed by atoms with Crippen LogP contribution in [0, 0.1) is 5.82 Å². The minimum atomic E-state index is -4.52. The Balaban J connectivity index is 0.00000220. The van der Waals surface area contributed by atoms with Gasteiger partial charge >= 0.3 is 6.18 Å². The van der Waals surface area contributed by atoms with E-state index >= 15 is 0 Å². The standard InChI is InChI=1S/C13H16F4N2O.2ClH/c1-20-9-2-3-10(11(14)8-9)12(13(15,16)17)19-6-4-18-5-7-19;;/h2-3,8,12,18H,4-7H2,1H3;2*1H/t12-;;/m0../s1. The van der Waals surface area contributed by atoms with Gasteiger partial charge in [0.1, 0.15) is 17.6 Å². The maximum absolute atomic E-state index is 14.0. The Hall–Kier alpha value is -0.760. The van der Waals surface area contributed by atoms with E-state index in [2.05, 4.69) is 5.32 Å². The van der Waals surface area contributed by atoms with Gasteiger partial charge in [0.15, 0.2) is 0 Å². The molecule has 22 heavy (non-hydrogen) atoms. The van der Waals surface area contributed by atoms with E-state index in [1.807, 2.05) is 0 Å². The molecule has 1 aliphatic heterocycles. The predicted octanol–water partition coefficient (Wildman–Crippen LogP) is 3.19. The van der Waals surface area contributed by atoms with Gasteiger partial charge in [-0.05, 0) is 6.07 Å². The fourth-order valence-electron chi connectivity index (χ4n) is 2.38. The Kier molecular flexibility index (Phi) is 8.46. The normalized spacial score (nSPS) is 17.1. The number of benzene rings is 1. The third-order valence-electron chi connectivity index (χ3n) is 3.33. The molecular formula is C13H18Cl2F4N2O. The molecule has 1 aromatic carbocycles. The molecule has 0 aromatic heterocycles. The summed E-state index contributed by atoms with van der Waals surface area (Å²) in [6.45, 7) is 1.39. The van der Waals surface area contributed by atoms with Crippen molar-refractivity contribution >= 4 is 24.8 Å². The smallest absolute Gasteiger partial charge is 0.408 e. The molecule has 1 heterocycles. The molecule has 2 rings (SSSR count). The number of piperazine rings is 1. The maximum atomic E-state index is 14.0. The second-order valence-corrected chi connectivity index (χ2v) is 4.62. The average molecular weight is 365 g/mol. The highest BCUT2D eigenvalue weighted by molar-refractivity contribution is 5.85. The van der Waals surface area contributed by atoms with Crippen LogP contribution in [-0.4, -0.2) is 44.4 Å². The van der Waals surface area contributed by atoms with Crippen molar-refractivity contribution in [2.24, 2.45) is 0 Å². The van der Waals surface area contributed by atoms with Crippen LogP contribution in [0.2, 0.25) is 0 Å². The van der Waals surface area contributed by atoms with Crippen molar-refractivity contribution in [2.75, 3.05) is 33.3 Å². The van der Waals surface area contributed by atoms with Crippen LogP contribution in [0.15, 0.2) is 18.2 Å². The van der Waals surface area contributed by atoms with Gasteiger partial charge in [-0.2, -0.15) is 13.2 Å². The summed E-state index contributed by atoms with van der Waals surface area (Å²) in [4.78, 5) is 1.25. The lowest BCUT2D eigenvalue weighted by Crippen LogP contribution is -2.49. The van der Waals surface area contributed by atoms with Crippen molar-refractivity contribution in [3.63, 3.8) is 0 Å². The average Bonchev–Trinajstić information content (AvgIpc) is 2.40. The third-order valence-corrected chi connectivity index (χ3v) is 3.33. The quantitative estimate of drug-likeness (QED) is 0.833. The lowest BCUT2D eigenvalue weighted by atomic mass is 10.0. The number of halogens is 6. The van der Waals surface area contributed by atoms with Crippen LogP contribution in [0.3, 0.4) is 0 Å². The Morgan fingerprint density at radius 1 is 1.18 bits per heavy atom. The van der Waals surface area contributed by atoms with Crippen LogP contribution in [0.25, 0.3) is 0 Å². The van der Waals surface area contributed by atoms with Crippen LogP contribution in [-0.2, 0) is 0 Å². The third kappa shape index (κ3) is 4.87. The lowest BCUT2D eigenvalue weighted by molar-refractivity contribution is -0.188. The molecule has 3 nitrogen and oxygen atoms in total. The number of rotatable bonds is 3. The topological polar surface area (TPSA) is 24.5 Å². The molecule has 0 spiro atoms. The summed E-state index contributed by atoms with van der Waals surface area (Å²) in [6, 6.07) is 1.56. The van der Waals surface area contributed by atoms with Gasteiger partial charge in [-0.1, -0.05) is 6.07 Å². The van der Waals surface area contributed by atoms with Crippen molar-refractivity contribution in [1.29, 1.82) is 0 Å². The second kappa shape index (κ2) is 8.76. The Morgan fingerprint density at radius 2 is 1.77 bits per heavy atom. The Bertz CT molecular complexity index is 468. The fraction of sp³-hybridized carbons (Fsp3) is 0.538. The zero-order valence-electron chi connectivity index (χ0n) is 11.8. The van der Waals surface area contributed by atoms with Gasteiger partial charge in [-0.15, -0.1) is 24.8 Å². The number of nitrogens with one attached hydrogen (secondary N) is 1. The Labute approximate surface area is 138 Å². The molecule has 0 unspecified atom stereocenters. The van der Waals surface area contributed by atoms with Crippen LogP contribution in [0.4, 0.5) is 17.6 Å². The van der Waals surface area contributed by atoms with Crippen LogP contribution < -0.4 is 10.1 Å². The largest absolute Gasteiger partial charge is 0.497 e. The highest BCUT2D eigenvalue weighted by Gasteiger charge is 2.46. The summed E-state index contributed by atoms with van der Waals surface area (Å²) in [5, 5.41) is 2.98. The fourth-order valence-corrected chi connectivity index (χ4v) is 2.38. The molecule has 0 radical (unpaired) electrons. The van der Waals surface area contributed by atoms with Crippen molar-refractivity contribution in [3.8, 4) is 5.75 Å². The van der Waals surface area contributed by atoms with E-state index in [-0.39, 0.29) is 49.2 Å². The molecule has 1 saturated heterocycles. The van der Waals surface area contributed by atoms with Crippen LogP contribution >= 0.6 is 24.8 Å². The van der Waals surface area contributed by atoms with Crippen LogP contribution in [0.1, 0.15) is 11.6 Å². The van der Waals surface area contributed by atoms with E-state index in [9.17, 15) is 17.6 Å². The molecule has 1 aliphatic rings. The maximum Gasteiger partial charge on any atom is 0.408 e. The highest BCUT2D eigenvalue weighted by Crippen LogP contribution is 2.39. The van der Waals surface area contributed by atoms with E-state index in [4.69, 9.17) is 4.74 Å². The van der Waals surface area contributed by atoms with E-state index in [0.717, 1.165) is 12.1 Å². The second-order valence-electron chi connectivity index (χ2n) is 4.62. The molecular weight excluding hydrogens is 347 g/mol. The summed E-state index contributed by atoms with van der Waals surface area (Å²) in [7, 11) is 1.34. The summed E-state index contributed by atoms with van der Waals surface area (Å²) < 4.78 is 58.6. The number of hydrogen-bond acceptors (Lipinski definition) is 3. The predicted molar refractivity (Wildman–Crippen MR) is 80.7 cm³/mol. The molecule has 128 valence electrons. The molecule has 1 atom stereocenters. The van der Waals surface area contributed by atoms with Gasteiger partial charge in [-0.25, -0.2) is 4.39 Å². The first-order chi connectivity index (χ1) is 9.43.